The molecule has 86 valence electrons. The van der Waals surface area contributed by atoms with Crippen molar-refractivity contribution in [3.63, 3.8) is 0 Å². The lowest BCUT2D eigenvalue weighted by atomic mass is 10.0. The Balaban J connectivity index is 2.18. The molecule has 2 aromatic rings. The lowest BCUT2D eigenvalue weighted by molar-refractivity contribution is 0.480. The molecule has 0 amide bonds. The van der Waals surface area contributed by atoms with Gasteiger partial charge in [0.05, 0.1) is 11.4 Å². The maximum absolute atomic E-state index is 5.93. The van der Waals surface area contributed by atoms with E-state index in [1.807, 2.05) is 24.3 Å². The highest BCUT2D eigenvalue weighted by Crippen LogP contribution is 2.44. The topological polar surface area (TPSA) is 21.3 Å². The van der Waals surface area contributed by atoms with Crippen LogP contribution in [0.4, 0.5) is 11.4 Å². The third kappa shape index (κ3) is 1.48. The van der Waals surface area contributed by atoms with Crippen molar-refractivity contribution in [3.8, 4) is 11.5 Å². The Hall–Kier alpha value is -1.96. The zero-order valence-electron chi connectivity index (χ0n) is 10.3. The van der Waals surface area contributed by atoms with Gasteiger partial charge in [-0.2, -0.15) is 0 Å². The van der Waals surface area contributed by atoms with Gasteiger partial charge in [-0.25, -0.2) is 0 Å². The summed E-state index contributed by atoms with van der Waals surface area (Å²) in [4.78, 5) is 0. The van der Waals surface area contributed by atoms with Gasteiger partial charge in [-0.15, -0.1) is 0 Å². The zero-order chi connectivity index (χ0) is 12.0. The number of ether oxygens (including phenoxy) is 1. The largest absolute Gasteiger partial charge is 0.453 e. The molecule has 1 N–H and O–H groups in total. The normalized spacial score (nSPS) is 12.2. The molecule has 0 aromatic heterocycles. The van der Waals surface area contributed by atoms with E-state index in [9.17, 15) is 0 Å². The molecule has 0 aliphatic carbocycles. The summed E-state index contributed by atoms with van der Waals surface area (Å²) in [7, 11) is 0. The van der Waals surface area contributed by atoms with Crippen LogP contribution in [0.3, 0.4) is 0 Å². The molecular weight excluding hydrogens is 210 g/mol. The van der Waals surface area contributed by atoms with E-state index >= 15 is 0 Å². The first-order valence-electron chi connectivity index (χ1n) is 5.81. The fraction of sp³-hybridized carbons (Fsp3) is 0.200. The van der Waals surface area contributed by atoms with Gasteiger partial charge in [0.15, 0.2) is 11.5 Å². The number of aryl methyl sites for hydroxylation is 1. The summed E-state index contributed by atoms with van der Waals surface area (Å²) in [6, 6.07) is 10.1. The number of hydrogen-bond donors (Lipinski definition) is 1. The molecule has 2 nitrogen and oxygen atoms in total. The molecule has 0 bridgehead atoms. The summed E-state index contributed by atoms with van der Waals surface area (Å²) in [6.07, 6.45) is 0. The number of rotatable bonds is 0. The van der Waals surface area contributed by atoms with Gasteiger partial charge >= 0.3 is 0 Å². The number of anilines is 2. The minimum absolute atomic E-state index is 0.891. The van der Waals surface area contributed by atoms with Crippen molar-refractivity contribution in [2.24, 2.45) is 0 Å². The smallest absolute Gasteiger partial charge is 0.151 e. The Morgan fingerprint density at radius 3 is 2.53 bits per heavy atom. The van der Waals surface area contributed by atoms with E-state index < -0.39 is 0 Å². The predicted octanol–water partition coefficient (Wildman–Crippen LogP) is 4.46. The molecule has 1 aliphatic heterocycles. The minimum atomic E-state index is 0.891. The molecule has 17 heavy (non-hydrogen) atoms. The highest BCUT2D eigenvalue weighted by atomic mass is 16.5. The average Bonchev–Trinajstić information content (AvgIpc) is 2.34. The van der Waals surface area contributed by atoms with E-state index in [2.05, 4.69) is 32.2 Å². The first-order valence-corrected chi connectivity index (χ1v) is 5.81. The van der Waals surface area contributed by atoms with Gasteiger partial charge < -0.3 is 10.1 Å². The Bertz CT molecular complexity index is 602. The molecule has 0 unspecified atom stereocenters. The van der Waals surface area contributed by atoms with Crippen LogP contribution in [0.1, 0.15) is 16.7 Å². The molecule has 0 saturated carbocycles. The Labute approximate surface area is 101 Å². The molecule has 2 aromatic carbocycles. The summed E-state index contributed by atoms with van der Waals surface area (Å²) in [6.45, 7) is 6.39. The zero-order valence-corrected chi connectivity index (χ0v) is 10.3. The van der Waals surface area contributed by atoms with Gasteiger partial charge in [0, 0.05) is 0 Å². The first kappa shape index (κ1) is 10.2. The van der Waals surface area contributed by atoms with Crippen LogP contribution in [0, 0.1) is 20.8 Å². The Morgan fingerprint density at radius 2 is 1.71 bits per heavy atom. The Kier molecular flexibility index (Phi) is 2.11. The van der Waals surface area contributed by atoms with Crippen LogP contribution >= 0.6 is 0 Å². The van der Waals surface area contributed by atoms with Crippen molar-refractivity contribution in [2.45, 2.75) is 20.8 Å². The lowest BCUT2D eigenvalue weighted by Gasteiger charge is -2.25. The third-order valence-electron chi connectivity index (χ3n) is 3.49. The molecule has 3 rings (SSSR count). The van der Waals surface area contributed by atoms with Crippen molar-refractivity contribution < 1.29 is 4.74 Å². The van der Waals surface area contributed by atoms with Gasteiger partial charge in [0.25, 0.3) is 0 Å². The van der Waals surface area contributed by atoms with E-state index in [1.165, 1.54) is 16.7 Å². The summed E-state index contributed by atoms with van der Waals surface area (Å²) >= 11 is 0. The fourth-order valence-electron chi connectivity index (χ4n) is 2.19. The van der Waals surface area contributed by atoms with E-state index in [4.69, 9.17) is 4.74 Å². The van der Waals surface area contributed by atoms with Crippen LogP contribution in [0.25, 0.3) is 0 Å². The summed E-state index contributed by atoms with van der Waals surface area (Å²) in [5.74, 6) is 1.81. The van der Waals surface area contributed by atoms with E-state index in [0.29, 0.717) is 0 Å². The molecule has 0 radical (unpaired) electrons. The quantitative estimate of drug-likeness (QED) is 0.609. The van der Waals surface area contributed by atoms with Crippen LogP contribution in [-0.4, -0.2) is 0 Å². The standard InChI is InChI=1S/C15H15NO/c1-9-8-14-15(11(3)10(9)2)16-12-6-4-5-7-13(12)17-14/h4-8,16H,1-3H3. The SMILES string of the molecule is Cc1cc2c(c(C)c1C)Nc1ccccc1O2. The Morgan fingerprint density at radius 1 is 0.941 bits per heavy atom. The van der Waals surface area contributed by atoms with E-state index in [1.54, 1.807) is 0 Å². The number of benzene rings is 2. The lowest BCUT2D eigenvalue weighted by Crippen LogP contribution is -2.06. The van der Waals surface area contributed by atoms with Gasteiger partial charge in [0.1, 0.15) is 0 Å². The highest BCUT2D eigenvalue weighted by molar-refractivity contribution is 5.79. The summed E-state index contributed by atoms with van der Waals surface area (Å²) in [5.41, 5.74) is 5.97. The van der Waals surface area contributed by atoms with Gasteiger partial charge in [-0.05, 0) is 55.7 Å². The molecule has 1 heterocycles. The maximum Gasteiger partial charge on any atom is 0.151 e. The molecule has 0 fully saturated rings. The summed E-state index contributed by atoms with van der Waals surface area (Å²) in [5, 5.41) is 3.45. The predicted molar refractivity (Wildman–Crippen MR) is 70.5 cm³/mol. The molecular formula is C15H15NO. The molecule has 1 aliphatic rings. The van der Waals surface area contributed by atoms with Gasteiger partial charge in [-0.1, -0.05) is 12.1 Å². The van der Waals surface area contributed by atoms with Gasteiger partial charge in [0.2, 0.25) is 0 Å². The van der Waals surface area contributed by atoms with Gasteiger partial charge in [-0.3, -0.25) is 0 Å². The number of hydrogen-bond acceptors (Lipinski definition) is 2. The molecule has 0 saturated heterocycles. The van der Waals surface area contributed by atoms with Crippen LogP contribution in [0.15, 0.2) is 30.3 Å². The third-order valence-corrected chi connectivity index (χ3v) is 3.49. The highest BCUT2D eigenvalue weighted by Gasteiger charge is 2.19. The van der Waals surface area contributed by atoms with E-state index in [-0.39, 0.29) is 0 Å². The second-order valence-corrected chi connectivity index (χ2v) is 4.54. The van der Waals surface area contributed by atoms with Crippen LogP contribution in [-0.2, 0) is 0 Å². The summed E-state index contributed by atoms with van der Waals surface area (Å²) < 4.78 is 5.93. The molecule has 0 atom stereocenters. The second kappa shape index (κ2) is 3.52. The van der Waals surface area contributed by atoms with Crippen LogP contribution in [0.5, 0.6) is 11.5 Å². The van der Waals surface area contributed by atoms with Crippen molar-refractivity contribution >= 4 is 11.4 Å². The van der Waals surface area contributed by atoms with Crippen molar-refractivity contribution in [2.75, 3.05) is 5.32 Å². The first-order chi connectivity index (χ1) is 8.16. The van der Waals surface area contributed by atoms with E-state index in [0.717, 1.165) is 22.9 Å². The monoisotopic (exact) mass is 225 g/mol. The second-order valence-electron chi connectivity index (χ2n) is 4.54. The molecule has 2 heteroatoms. The number of fused-ring (bicyclic) bond motifs is 2. The average molecular weight is 225 g/mol. The van der Waals surface area contributed by atoms with Crippen molar-refractivity contribution in [1.82, 2.24) is 0 Å². The molecule has 0 spiro atoms. The van der Waals surface area contributed by atoms with Crippen LogP contribution in [0.2, 0.25) is 0 Å². The number of para-hydroxylation sites is 2. The minimum Gasteiger partial charge on any atom is -0.453 e. The van der Waals surface area contributed by atoms with Crippen molar-refractivity contribution in [1.29, 1.82) is 0 Å². The fourth-order valence-corrected chi connectivity index (χ4v) is 2.19. The van der Waals surface area contributed by atoms with Crippen molar-refractivity contribution in [3.05, 3.63) is 47.0 Å². The van der Waals surface area contributed by atoms with Crippen LogP contribution < -0.4 is 10.1 Å². The maximum atomic E-state index is 5.93. The number of nitrogens with one attached hydrogen (secondary N) is 1.